The van der Waals surface area contributed by atoms with Crippen LogP contribution in [0, 0.1) is 5.41 Å². The molecule has 1 saturated carbocycles. The van der Waals surface area contributed by atoms with Gasteiger partial charge >= 0.3 is 0 Å². The van der Waals surface area contributed by atoms with Crippen LogP contribution in [0.3, 0.4) is 0 Å². The van der Waals surface area contributed by atoms with Crippen molar-refractivity contribution < 1.29 is 14.6 Å². The summed E-state index contributed by atoms with van der Waals surface area (Å²) in [7, 11) is 1.66. The number of carbonyl (C=O) groups is 1. The van der Waals surface area contributed by atoms with E-state index < -0.39 is 0 Å². The number of hydrogen-bond donors (Lipinski definition) is 2. The largest absolute Gasteiger partial charge is 0.396 e. The number of methoxy groups -OCH3 is 1. The SMILES string of the molecule is COCCC1(C(=O)NCCCO)CCC1. The molecular formula is C11H21NO3. The Balaban J connectivity index is 2.32. The lowest BCUT2D eigenvalue weighted by Crippen LogP contribution is -2.46. The highest BCUT2D eigenvalue weighted by Crippen LogP contribution is 2.44. The van der Waals surface area contributed by atoms with Crippen LogP contribution < -0.4 is 5.32 Å². The van der Waals surface area contributed by atoms with Gasteiger partial charge in [0.25, 0.3) is 0 Å². The number of hydrogen-bond acceptors (Lipinski definition) is 3. The second-order valence-electron chi connectivity index (χ2n) is 4.21. The molecule has 1 rings (SSSR count). The van der Waals surface area contributed by atoms with Crippen molar-refractivity contribution in [3.05, 3.63) is 0 Å². The summed E-state index contributed by atoms with van der Waals surface area (Å²) in [5, 5.41) is 11.5. The fraction of sp³-hybridized carbons (Fsp3) is 0.909. The number of rotatable bonds is 7. The summed E-state index contributed by atoms with van der Waals surface area (Å²) in [4.78, 5) is 11.9. The van der Waals surface area contributed by atoms with Gasteiger partial charge in [0.05, 0.1) is 5.41 Å². The van der Waals surface area contributed by atoms with Crippen molar-refractivity contribution in [2.24, 2.45) is 5.41 Å². The molecule has 4 nitrogen and oxygen atoms in total. The Labute approximate surface area is 91.0 Å². The van der Waals surface area contributed by atoms with Crippen LogP contribution in [0.5, 0.6) is 0 Å². The average Bonchev–Trinajstić information content (AvgIpc) is 2.17. The molecule has 0 heterocycles. The van der Waals surface area contributed by atoms with E-state index in [2.05, 4.69) is 5.32 Å². The molecule has 15 heavy (non-hydrogen) atoms. The molecule has 0 bridgehead atoms. The van der Waals surface area contributed by atoms with Gasteiger partial charge in [0.15, 0.2) is 0 Å². The molecule has 2 N–H and O–H groups in total. The Morgan fingerprint density at radius 1 is 1.53 bits per heavy atom. The first kappa shape index (κ1) is 12.5. The minimum atomic E-state index is -0.175. The van der Waals surface area contributed by atoms with E-state index in [1.165, 1.54) is 0 Å². The molecule has 1 amide bonds. The summed E-state index contributed by atoms with van der Waals surface area (Å²) in [5.74, 6) is 0.138. The van der Waals surface area contributed by atoms with Crippen LogP contribution in [0.15, 0.2) is 0 Å². The summed E-state index contributed by atoms with van der Waals surface area (Å²) in [6.07, 6.45) is 4.53. The van der Waals surface area contributed by atoms with Crippen LogP contribution in [-0.4, -0.2) is 37.9 Å². The van der Waals surface area contributed by atoms with E-state index >= 15 is 0 Å². The molecular weight excluding hydrogens is 194 g/mol. The third kappa shape index (κ3) is 3.18. The first-order valence-corrected chi connectivity index (χ1v) is 5.63. The zero-order valence-corrected chi connectivity index (χ0v) is 9.42. The van der Waals surface area contributed by atoms with Crippen molar-refractivity contribution >= 4 is 5.91 Å². The maximum absolute atomic E-state index is 11.9. The van der Waals surface area contributed by atoms with Crippen molar-refractivity contribution in [1.82, 2.24) is 5.32 Å². The summed E-state index contributed by atoms with van der Waals surface area (Å²) in [6.45, 7) is 1.35. The molecule has 4 heteroatoms. The van der Waals surface area contributed by atoms with E-state index in [-0.39, 0.29) is 17.9 Å². The number of ether oxygens (including phenoxy) is 1. The molecule has 0 spiro atoms. The predicted molar refractivity (Wildman–Crippen MR) is 57.5 cm³/mol. The zero-order valence-electron chi connectivity index (χ0n) is 9.42. The van der Waals surface area contributed by atoms with Crippen molar-refractivity contribution in [2.75, 3.05) is 26.9 Å². The molecule has 1 aliphatic rings. The maximum atomic E-state index is 11.9. The summed E-state index contributed by atoms with van der Waals surface area (Å²) >= 11 is 0. The van der Waals surface area contributed by atoms with Crippen molar-refractivity contribution in [2.45, 2.75) is 32.1 Å². The van der Waals surface area contributed by atoms with Gasteiger partial charge in [0.1, 0.15) is 0 Å². The summed E-state index contributed by atoms with van der Waals surface area (Å²) < 4.78 is 5.03. The van der Waals surface area contributed by atoms with Crippen LogP contribution in [0.2, 0.25) is 0 Å². The second-order valence-corrected chi connectivity index (χ2v) is 4.21. The first-order valence-electron chi connectivity index (χ1n) is 5.63. The number of amides is 1. The smallest absolute Gasteiger partial charge is 0.226 e. The van der Waals surface area contributed by atoms with Gasteiger partial charge < -0.3 is 15.2 Å². The Kier molecular flexibility index (Phi) is 5.05. The van der Waals surface area contributed by atoms with Crippen molar-refractivity contribution in [3.63, 3.8) is 0 Å². The average molecular weight is 215 g/mol. The van der Waals surface area contributed by atoms with E-state index in [4.69, 9.17) is 9.84 Å². The molecule has 1 fully saturated rings. The van der Waals surface area contributed by atoms with Crippen LogP contribution in [-0.2, 0) is 9.53 Å². The zero-order chi connectivity index (χ0) is 11.1. The fourth-order valence-electron chi connectivity index (χ4n) is 1.96. The maximum Gasteiger partial charge on any atom is 0.226 e. The molecule has 0 unspecified atom stereocenters. The predicted octanol–water partition coefficient (Wildman–Crippen LogP) is 0.692. The second kappa shape index (κ2) is 6.08. The van der Waals surface area contributed by atoms with Gasteiger partial charge in [-0.05, 0) is 25.7 Å². The molecule has 0 aliphatic heterocycles. The standard InChI is InChI=1S/C11H21NO3/c1-15-9-6-11(4-2-5-11)10(14)12-7-3-8-13/h13H,2-9H2,1H3,(H,12,14). The Bertz CT molecular complexity index is 202. The first-order chi connectivity index (χ1) is 7.25. The van der Waals surface area contributed by atoms with Gasteiger partial charge in [-0.1, -0.05) is 6.42 Å². The quantitative estimate of drug-likeness (QED) is 0.614. The Morgan fingerprint density at radius 2 is 2.27 bits per heavy atom. The molecule has 0 saturated heterocycles. The van der Waals surface area contributed by atoms with Crippen LogP contribution in [0.1, 0.15) is 32.1 Å². The lowest BCUT2D eigenvalue weighted by molar-refractivity contribution is -0.137. The van der Waals surface area contributed by atoms with E-state index in [0.29, 0.717) is 19.6 Å². The van der Waals surface area contributed by atoms with Gasteiger partial charge in [0, 0.05) is 26.9 Å². The van der Waals surface area contributed by atoms with Gasteiger partial charge in [-0.25, -0.2) is 0 Å². The minimum absolute atomic E-state index is 0.130. The molecule has 0 aromatic carbocycles. The fourth-order valence-corrected chi connectivity index (χ4v) is 1.96. The number of aliphatic hydroxyl groups excluding tert-OH is 1. The number of carbonyl (C=O) groups excluding carboxylic acids is 1. The lowest BCUT2D eigenvalue weighted by Gasteiger charge is -2.40. The van der Waals surface area contributed by atoms with Crippen molar-refractivity contribution in [1.29, 1.82) is 0 Å². The van der Waals surface area contributed by atoms with Crippen LogP contribution in [0.25, 0.3) is 0 Å². The number of nitrogens with one attached hydrogen (secondary N) is 1. The van der Waals surface area contributed by atoms with Gasteiger partial charge in [-0.15, -0.1) is 0 Å². The molecule has 0 aromatic rings. The molecule has 88 valence electrons. The Hall–Kier alpha value is -0.610. The molecule has 0 radical (unpaired) electrons. The van der Waals surface area contributed by atoms with E-state index in [0.717, 1.165) is 25.7 Å². The van der Waals surface area contributed by atoms with E-state index in [1.54, 1.807) is 7.11 Å². The highest BCUT2D eigenvalue weighted by molar-refractivity contribution is 5.83. The Morgan fingerprint density at radius 3 is 2.73 bits per heavy atom. The van der Waals surface area contributed by atoms with E-state index in [1.807, 2.05) is 0 Å². The number of aliphatic hydroxyl groups is 1. The highest BCUT2D eigenvalue weighted by Gasteiger charge is 2.43. The van der Waals surface area contributed by atoms with Gasteiger partial charge in [-0.3, -0.25) is 4.79 Å². The summed E-state index contributed by atoms with van der Waals surface area (Å²) in [6, 6.07) is 0. The monoisotopic (exact) mass is 215 g/mol. The lowest BCUT2D eigenvalue weighted by atomic mass is 9.66. The highest BCUT2D eigenvalue weighted by atomic mass is 16.5. The summed E-state index contributed by atoms with van der Waals surface area (Å²) in [5.41, 5.74) is -0.175. The third-order valence-electron chi connectivity index (χ3n) is 3.20. The van der Waals surface area contributed by atoms with Crippen LogP contribution in [0.4, 0.5) is 0 Å². The third-order valence-corrected chi connectivity index (χ3v) is 3.20. The minimum Gasteiger partial charge on any atom is -0.396 e. The normalized spacial score (nSPS) is 18.3. The molecule has 0 aromatic heterocycles. The topological polar surface area (TPSA) is 58.6 Å². The van der Waals surface area contributed by atoms with Crippen molar-refractivity contribution in [3.8, 4) is 0 Å². The van der Waals surface area contributed by atoms with Gasteiger partial charge in [0.2, 0.25) is 5.91 Å². The van der Waals surface area contributed by atoms with Gasteiger partial charge in [-0.2, -0.15) is 0 Å². The van der Waals surface area contributed by atoms with E-state index in [9.17, 15) is 4.79 Å². The molecule has 1 aliphatic carbocycles. The van der Waals surface area contributed by atoms with Crippen LogP contribution >= 0.6 is 0 Å². The molecule has 0 atom stereocenters.